The van der Waals surface area contributed by atoms with Gasteiger partial charge in [0.1, 0.15) is 4.83 Å². The van der Waals surface area contributed by atoms with Crippen LogP contribution >= 0.6 is 11.3 Å². The summed E-state index contributed by atoms with van der Waals surface area (Å²) in [5.41, 5.74) is 0. The normalized spacial score (nSPS) is 18.6. The van der Waals surface area contributed by atoms with Gasteiger partial charge < -0.3 is 10.2 Å². The average Bonchev–Trinajstić information content (AvgIpc) is 2.79. The van der Waals surface area contributed by atoms with Crippen LogP contribution in [0, 0.1) is 0 Å². The molecular weight excluding hydrogens is 232 g/mol. The maximum absolute atomic E-state index is 4.53. The molecule has 1 aliphatic heterocycles. The molecule has 1 N–H and O–H groups in total. The van der Waals surface area contributed by atoms with Crippen LogP contribution in [-0.4, -0.2) is 41.0 Å². The Labute approximate surface area is 105 Å². The van der Waals surface area contributed by atoms with Gasteiger partial charge in [-0.05, 0) is 44.4 Å². The van der Waals surface area contributed by atoms with E-state index in [1.54, 1.807) is 11.3 Å². The maximum Gasteiger partial charge on any atom is 0.224 e. The highest BCUT2D eigenvalue weighted by atomic mass is 32.1. The Hall–Kier alpha value is -1.20. The Bertz CT molecular complexity index is 502. The summed E-state index contributed by atoms with van der Waals surface area (Å²) in [6, 6.07) is 2.57. The number of hydrogen-bond donors (Lipinski definition) is 1. The summed E-state index contributed by atoms with van der Waals surface area (Å²) < 4.78 is 0. The number of thiophene rings is 1. The van der Waals surface area contributed by atoms with Crippen LogP contribution < -0.4 is 5.32 Å². The minimum Gasteiger partial charge on any atom is -0.351 e. The molecule has 2 aromatic heterocycles. The fourth-order valence-corrected chi connectivity index (χ4v) is 2.90. The number of anilines is 1. The molecule has 90 valence electrons. The third-order valence-corrected chi connectivity index (χ3v) is 4.08. The van der Waals surface area contributed by atoms with Crippen LogP contribution in [0.5, 0.6) is 0 Å². The Morgan fingerprint density at radius 2 is 2.24 bits per heavy atom. The fraction of sp³-hybridized carbons (Fsp3) is 0.500. The molecule has 0 bridgehead atoms. The van der Waals surface area contributed by atoms with Crippen LogP contribution in [0.3, 0.4) is 0 Å². The van der Waals surface area contributed by atoms with E-state index in [1.807, 2.05) is 6.20 Å². The molecular formula is C12H16N4S. The van der Waals surface area contributed by atoms with E-state index in [-0.39, 0.29) is 0 Å². The van der Waals surface area contributed by atoms with Crippen molar-refractivity contribution in [3.8, 4) is 0 Å². The Kier molecular flexibility index (Phi) is 2.94. The van der Waals surface area contributed by atoms with Gasteiger partial charge in [0.05, 0.1) is 0 Å². The molecule has 0 unspecified atom stereocenters. The number of nitrogens with one attached hydrogen (secondary N) is 1. The number of aromatic nitrogens is 2. The quantitative estimate of drug-likeness (QED) is 0.884. The monoisotopic (exact) mass is 248 g/mol. The van der Waals surface area contributed by atoms with Gasteiger partial charge in [0.15, 0.2) is 0 Å². The standard InChI is InChI=1S/C12H16N4S/c1-16-5-2-10(3-6-16)14-12-13-8-9-4-7-17-11(9)15-12/h4,7-8,10H,2-3,5-6H2,1H3,(H,13,14,15). The molecule has 0 aliphatic carbocycles. The number of fused-ring (bicyclic) bond motifs is 1. The molecule has 4 nitrogen and oxygen atoms in total. The molecule has 2 aromatic rings. The van der Waals surface area contributed by atoms with Crippen LogP contribution in [-0.2, 0) is 0 Å². The summed E-state index contributed by atoms with van der Waals surface area (Å²) in [7, 11) is 2.17. The largest absolute Gasteiger partial charge is 0.351 e. The Morgan fingerprint density at radius 1 is 1.41 bits per heavy atom. The summed E-state index contributed by atoms with van der Waals surface area (Å²) in [6.45, 7) is 2.30. The number of hydrogen-bond acceptors (Lipinski definition) is 5. The second-order valence-corrected chi connectivity index (χ2v) is 5.49. The molecule has 0 saturated carbocycles. The van der Waals surface area contributed by atoms with Crippen LogP contribution in [0.1, 0.15) is 12.8 Å². The lowest BCUT2D eigenvalue weighted by molar-refractivity contribution is 0.263. The van der Waals surface area contributed by atoms with Gasteiger partial charge in [-0.25, -0.2) is 9.97 Å². The SMILES string of the molecule is CN1CCC(Nc2ncc3ccsc3n2)CC1. The molecule has 5 heteroatoms. The lowest BCUT2D eigenvalue weighted by Crippen LogP contribution is -2.37. The third kappa shape index (κ3) is 2.40. The minimum absolute atomic E-state index is 0.517. The van der Waals surface area contributed by atoms with Crippen molar-refractivity contribution in [1.82, 2.24) is 14.9 Å². The van der Waals surface area contributed by atoms with Crippen molar-refractivity contribution in [3.05, 3.63) is 17.6 Å². The average molecular weight is 248 g/mol. The van der Waals surface area contributed by atoms with E-state index in [2.05, 4.69) is 38.7 Å². The van der Waals surface area contributed by atoms with Gasteiger partial charge in [-0.2, -0.15) is 0 Å². The van der Waals surface area contributed by atoms with Crippen LogP contribution in [0.4, 0.5) is 5.95 Å². The van der Waals surface area contributed by atoms with Crippen molar-refractivity contribution >= 4 is 27.5 Å². The molecule has 0 amide bonds. The van der Waals surface area contributed by atoms with Crippen molar-refractivity contribution in [2.24, 2.45) is 0 Å². The first-order valence-electron chi connectivity index (χ1n) is 5.96. The lowest BCUT2D eigenvalue weighted by Gasteiger charge is -2.29. The summed E-state index contributed by atoms with van der Waals surface area (Å²) >= 11 is 1.66. The second kappa shape index (κ2) is 4.58. The van der Waals surface area contributed by atoms with Gasteiger partial charge in [0.2, 0.25) is 5.95 Å². The molecule has 3 rings (SSSR count). The predicted molar refractivity (Wildman–Crippen MR) is 71.6 cm³/mol. The smallest absolute Gasteiger partial charge is 0.224 e. The van der Waals surface area contributed by atoms with Gasteiger partial charge in [-0.15, -0.1) is 11.3 Å². The van der Waals surface area contributed by atoms with Gasteiger partial charge in [-0.1, -0.05) is 0 Å². The Morgan fingerprint density at radius 3 is 3.06 bits per heavy atom. The molecule has 1 saturated heterocycles. The van der Waals surface area contributed by atoms with E-state index in [0.29, 0.717) is 6.04 Å². The van der Waals surface area contributed by atoms with E-state index >= 15 is 0 Å². The van der Waals surface area contributed by atoms with Crippen LogP contribution in [0.2, 0.25) is 0 Å². The lowest BCUT2D eigenvalue weighted by atomic mass is 10.1. The van der Waals surface area contributed by atoms with E-state index in [1.165, 1.54) is 12.8 Å². The van der Waals surface area contributed by atoms with E-state index in [4.69, 9.17) is 0 Å². The minimum atomic E-state index is 0.517. The number of rotatable bonds is 2. The molecule has 3 heterocycles. The number of piperidine rings is 1. The van der Waals surface area contributed by atoms with Crippen molar-refractivity contribution in [2.45, 2.75) is 18.9 Å². The summed E-state index contributed by atoms with van der Waals surface area (Å²) in [6.07, 6.45) is 4.24. The highest BCUT2D eigenvalue weighted by Gasteiger charge is 2.17. The predicted octanol–water partition coefficient (Wildman–Crippen LogP) is 2.20. The first kappa shape index (κ1) is 10.9. The summed E-state index contributed by atoms with van der Waals surface area (Å²) in [4.78, 5) is 12.3. The molecule has 17 heavy (non-hydrogen) atoms. The number of likely N-dealkylation sites (tertiary alicyclic amines) is 1. The molecule has 0 atom stereocenters. The van der Waals surface area contributed by atoms with Crippen molar-refractivity contribution in [2.75, 3.05) is 25.5 Å². The van der Waals surface area contributed by atoms with Gasteiger partial charge in [-0.3, -0.25) is 0 Å². The molecule has 0 spiro atoms. The van der Waals surface area contributed by atoms with Gasteiger partial charge in [0.25, 0.3) is 0 Å². The van der Waals surface area contributed by atoms with E-state index in [0.717, 1.165) is 29.3 Å². The fourth-order valence-electron chi connectivity index (χ4n) is 2.16. The van der Waals surface area contributed by atoms with Crippen LogP contribution in [0.25, 0.3) is 10.2 Å². The van der Waals surface area contributed by atoms with Crippen LogP contribution in [0.15, 0.2) is 17.6 Å². The number of nitrogens with zero attached hydrogens (tertiary/aromatic N) is 3. The van der Waals surface area contributed by atoms with Gasteiger partial charge in [0, 0.05) is 17.6 Å². The zero-order chi connectivity index (χ0) is 11.7. The zero-order valence-corrected chi connectivity index (χ0v) is 10.7. The first-order chi connectivity index (χ1) is 8.31. The zero-order valence-electron chi connectivity index (χ0n) is 9.89. The molecule has 0 radical (unpaired) electrons. The van der Waals surface area contributed by atoms with Gasteiger partial charge >= 0.3 is 0 Å². The molecule has 1 fully saturated rings. The molecule has 0 aromatic carbocycles. The van der Waals surface area contributed by atoms with Crippen molar-refractivity contribution in [1.29, 1.82) is 0 Å². The first-order valence-corrected chi connectivity index (χ1v) is 6.84. The van der Waals surface area contributed by atoms with Crippen molar-refractivity contribution < 1.29 is 0 Å². The topological polar surface area (TPSA) is 41.0 Å². The summed E-state index contributed by atoms with van der Waals surface area (Å²) in [5.74, 6) is 0.773. The van der Waals surface area contributed by atoms with E-state index in [9.17, 15) is 0 Å². The molecule has 1 aliphatic rings. The third-order valence-electron chi connectivity index (χ3n) is 3.26. The highest BCUT2D eigenvalue weighted by Crippen LogP contribution is 2.20. The highest BCUT2D eigenvalue weighted by molar-refractivity contribution is 7.16. The van der Waals surface area contributed by atoms with E-state index < -0.39 is 0 Å². The second-order valence-electron chi connectivity index (χ2n) is 4.60. The van der Waals surface area contributed by atoms with Crippen molar-refractivity contribution in [3.63, 3.8) is 0 Å². The Balaban J connectivity index is 1.71. The summed E-state index contributed by atoms with van der Waals surface area (Å²) in [5, 5.41) is 6.62. The maximum atomic E-state index is 4.53.